The lowest BCUT2D eigenvalue weighted by atomic mass is 10.1. The number of esters is 1. The zero-order valence-corrected chi connectivity index (χ0v) is 12.3. The number of hydrogen-bond acceptors (Lipinski definition) is 4. The zero-order valence-electron chi connectivity index (χ0n) is 12.3. The molecular weight excluding hydrogens is 264 g/mol. The van der Waals surface area contributed by atoms with Crippen LogP contribution < -0.4 is 5.32 Å². The molecule has 7 heteroatoms. The van der Waals surface area contributed by atoms with Gasteiger partial charge in [0.15, 0.2) is 0 Å². The molecule has 0 aromatic rings. The molecule has 1 atom stereocenters. The normalized spacial score (nSPS) is 11.6. The van der Waals surface area contributed by atoms with E-state index < -0.39 is 24.0 Å². The van der Waals surface area contributed by atoms with Gasteiger partial charge in [-0.1, -0.05) is 13.8 Å². The van der Waals surface area contributed by atoms with Crippen LogP contribution in [0.2, 0.25) is 0 Å². The van der Waals surface area contributed by atoms with E-state index in [1.807, 2.05) is 13.8 Å². The molecule has 2 N–H and O–H groups in total. The molecule has 0 spiro atoms. The molecule has 2 amide bonds. The molecule has 0 saturated heterocycles. The Labute approximate surface area is 119 Å². The number of carboxylic acids is 1. The topological polar surface area (TPSA) is 95.9 Å². The van der Waals surface area contributed by atoms with E-state index in [0.717, 1.165) is 12.8 Å². The highest BCUT2D eigenvalue weighted by molar-refractivity contribution is 5.83. The minimum Gasteiger partial charge on any atom is -0.480 e. The quantitative estimate of drug-likeness (QED) is 0.622. The van der Waals surface area contributed by atoms with E-state index in [9.17, 15) is 14.4 Å². The van der Waals surface area contributed by atoms with E-state index in [0.29, 0.717) is 13.1 Å². The van der Waals surface area contributed by atoms with Crippen molar-refractivity contribution in [2.45, 2.75) is 45.6 Å². The van der Waals surface area contributed by atoms with Gasteiger partial charge in [0, 0.05) is 19.5 Å². The summed E-state index contributed by atoms with van der Waals surface area (Å²) in [4.78, 5) is 35.7. The number of ether oxygens (including phenoxy) is 1. The summed E-state index contributed by atoms with van der Waals surface area (Å²) in [5.74, 6) is -1.65. The third kappa shape index (κ3) is 6.96. The maximum atomic E-state index is 12.0. The first-order valence-electron chi connectivity index (χ1n) is 6.81. The van der Waals surface area contributed by atoms with Gasteiger partial charge in [0.05, 0.1) is 7.11 Å². The highest BCUT2D eigenvalue weighted by atomic mass is 16.5. The molecule has 0 aliphatic heterocycles. The van der Waals surface area contributed by atoms with Crippen molar-refractivity contribution < 1.29 is 24.2 Å². The van der Waals surface area contributed by atoms with E-state index in [2.05, 4.69) is 10.1 Å². The van der Waals surface area contributed by atoms with Crippen molar-refractivity contribution in [3.63, 3.8) is 0 Å². The van der Waals surface area contributed by atoms with Crippen LogP contribution in [0.1, 0.15) is 39.5 Å². The number of nitrogens with one attached hydrogen (secondary N) is 1. The van der Waals surface area contributed by atoms with Gasteiger partial charge in [-0.2, -0.15) is 0 Å². The van der Waals surface area contributed by atoms with E-state index in [-0.39, 0.29) is 12.8 Å². The Hall–Kier alpha value is -1.79. The molecule has 0 bridgehead atoms. The van der Waals surface area contributed by atoms with Crippen LogP contribution in [0.15, 0.2) is 0 Å². The molecule has 0 aliphatic rings. The third-order valence-corrected chi connectivity index (χ3v) is 2.73. The third-order valence-electron chi connectivity index (χ3n) is 2.73. The summed E-state index contributed by atoms with van der Waals surface area (Å²) in [6, 6.07) is -1.50. The van der Waals surface area contributed by atoms with Crippen molar-refractivity contribution in [3.05, 3.63) is 0 Å². The number of methoxy groups -OCH3 is 1. The number of urea groups is 1. The lowest BCUT2D eigenvalue weighted by Crippen LogP contribution is -2.48. The maximum absolute atomic E-state index is 12.0. The molecule has 0 unspecified atom stereocenters. The largest absolute Gasteiger partial charge is 0.480 e. The van der Waals surface area contributed by atoms with Crippen LogP contribution in [-0.4, -0.2) is 54.2 Å². The molecule has 0 fully saturated rings. The second-order valence-electron chi connectivity index (χ2n) is 4.44. The summed E-state index contributed by atoms with van der Waals surface area (Å²) in [5.41, 5.74) is 0. The van der Waals surface area contributed by atoms with Crippen molar-refractivity contribution in [3.8, 4) is 0 Å². The van der Waals surface area contributed by atoms with Gasteiger partial charge in [0.1, 0.15) is 6.04 Å². The van der Waals surface area contributed by atoms with Gasteiger partial charge < -0.3 is 20.1 Å². The molecule has 0 aromatic heterocycles. The molecule has 116 valence electrons. The first kappa shape index (κ1) is 18.2. The van der Waals surface area contributed by atoms with Gasteiger partial charge in [-0.15, -0.1) is 0 Å². The summed E-state index contributed by atoms with van der Waals surface area (Å²) in [6.07, 6.45) is 1.57. The summed E-state index contributed by atoms with van der Waals surface area (Å²) in [5, 5.41) is 11.5. The van der Waals surface area contributed by atoms with Crippen LogP contribution in [-0.2, 0) is 14.3 Å². The fourth-order valence-corrected chi connectivity index (χ4v) is 1.72. The lowest BCUT2D eigenvalue weighted by Gasteiger charge is -2.24. The molecule has 7 nitrogen and oxygen atoms in total. The Morgan fingerprint density at radius 1 is 1.20 bits per heavy atom. The summed E-state index contributed by atoms with van der Waals surface area (Å²) in [7, 11) is 1.24. The highest BCUT2D eigenvalue weighted by Crippen LogP contribution is 2.02. The summed E-state index contributed by atoms with van der Waals surface area (Å²) < 4.78 is 4.45. The highest BCUT2D eigenvalue weighted by Gasteiger charge is 2.23. The molecule has 20 heavy (non-hydrogen) atoms. The SMILES string of the molecule is CCCN(CCC)C(=O)N[C@@H](CCC(=O)OC)C(=O)O. The van der Waals surface area contributed by atoms with Crippen molar-refractivity contribution >= 4 is 18.0 Å². The predicted molar refractivity (Wildman–Crippen MR) is 73.4 cm³/mol. The van der Waals surface area contributed by atoms with Gasteiger partial charge in [-0.05, 0) is 19.3 Å². The van der Waals surface area contributed by atoms with E-state index in [1.54, 1.807) is 4.90 Å². The number of carbonyl (C=O) groups excluding carboxylic acids is 2. The van der Waals surface area contributed by atoms with Crippen molar-refractivity contribution in [1.29, 1.82) is 0 Å². The fourth-order valence-electron chi connectivity index (χ4n) is 1.72. The lowest BCUT2D eigenvalue weighted by molar-refractivity contribution is -0.142. The summed E-state index contributed by atoms with van der Waals surface area (Å²) in [6.45, 7) is 5.04. The minimum absolute atomic E-state index is 0.0137. The second kappa shape index (κ2) is 10.1. The number of amides is 2. The Balaban J connectivity index is 4.51. The number of hydrogen-bond donors (Lipinski definition) is 2. The molecule has 0 saturated carbocycles. The van der Waals surface area contributed by atoms with Crippen LogP contribution in [0.25, 0.3) is 0 Å². The molecular formula is C13H24N2O5. The smallest absolute Gasteiger partial charge is 0.326 e. The van der Waals surface area contributed by atoms with Crippen LogP contribution >= 0.6 is 0 Å². The number of nitrogens with zero attached hydrogens (tertiary/aromatic N) is 1. The predicted octanol–water partition coefficient (Wildman–Crippen LogP) is 1.22. The van der Waals surface area contributed by atoms with E-state index in [1.165, 1.54) is 7.11 Å². The average molecular weight is 288 g/mol. The second-order valence-corrected chi connectivity index (χ2v) is 4.44. The first-order chi connectivity index (χ1) is 9.46. The first-order valence-corrected chi connectivity index (χ1v) is 6.81. The Kier molecular flexibility index (Phi) is 9.15. The van der Waals surface area contributed by atoms with Crippen molar-refractivity contribution in [2.75, 3.05) is 20.2 Å². The minimum atomic E-state index is -1.16. The molecule has 0 rings (SSSR count). The molecule has 0 aromatic carbocycles. The van der Waals surface area contributed by atoms with E-state index in [4.69, 9.17) is 5.11 Å². The van der Waals surface area contributed by atoms with E-state index >= 15 is 0 Å². The van der Waals surface area contributed by atoms with Crippen molar-refractivity contribution in [1.82, 2.24) is 10.2 Å². The maximum Gasteiger partial charge on any atom is 0.326 e. The van der Waals surface area contributed by atoms with Gasteiger partial charge in [-0.3, -0.25) is 4.79 Å². The number of aliphatic carboxylic acids is 1. The molecule has 0 heterocycles. The zero-order chi connectivity index (χ0) is 15.5. The van der Waals surface area contributed by atoms with Crippen LogP contribution in [0.5, 0.6) is 0 Å². The number of carbonyl (C=O) groups is 3. The fraction of sp³-hybridized carbons (Fsp3) is 0.769. The Bertz CT molecular complexity index is 327. The van der Waals surface area contributed by atoms with Crippen molar-refractivity contribution in [2.24, 2.45) is 0 Å². The number of carboxylic acid groups (broad SMARTS) is 1. The molecule has 0 radical (unpaired) electrons. The van der Waals surface area contributed by atoms with Gasteiger partial charge in [0.25, 0.3) is 0 Å². The average Bonchev–Trinajstić information content (AvgIpc) is 2.42. The van der Waals surface area contributed by atoms with Crippen LogP contribution in [0, 0.1) is 0 Å². The van der Waals surface area contributed by atoms with Crippen LogP contribution in [0.3, 0.4) is 0 Å². The standard InChI is InChI=1S/C13H24N2O5/c1-4-8-15(9-5-2)13(19)14-10(12(17)18)6-7-11(16)20-3/h10H,4-9H2,1-3H3,(H,14,19)(H,17,18)/t10-/m0/s1. The monoisotopic (exact) mass is 288 g/mol. The van der Waals surface area contributed by atoms with Gasteiger partial charge in [0.2, 0.25) is 0 Å². The summed E-state index contributed by atoms with van der Waals surface area (Å²) >= 11 is 0. The van der Waals surface area contributed by atoms with Gasteiger partial charge >= 0.3 is 18.0 Å². The van der Waals surface area contributed by atoms with Crippen LogP contribution in [0.4, 0.5) is 4.79 Å². The Morgan fingerprint density at radius 2 is 1.75 bits per heavy atom. The number of rotatable bonds is 9. The van der Waals surface area contributed by atoms with Gasteiger partial charge in [-0.25, -0.2) is 9.59 Å². The Morgan fingerprint density at radius 3 is 2.15 bits per heavy atom. The molecule has 0 aliphatic carbocycles.